The maximum Gasteiger partial charge on any atom is 0.223 e. The SMILES string of the molecule is CCNc1nc(C)cc(-c2cc(C)ccc2OC)n1. The van der Waals surface area contributed by atoms with Gasteiger partial charge in [0.15, 0.2) is 0 Å². The van der Waals surface area contributed by atoms with Crippen molar-refractivity contribution in [1.29, 1.82) is 0 Å². The lowest BCUT2D eigenvalue weighted by atomic mass is 10.1. The minimum atomic E-state index is 0.654. The largest absolute Gasteiger partial charge is 0.496 e. The molecule has 0 spiro atoms. The van der Waals surface area contributed by atoms with Crippen LogP contribution in [0, 0.1) is 13.8 Å². The number of benzene rings is 1. The third kappa shape index (κ3) is 3.02. The molecule has 0 bridgehead atoms. The average molecular weight is 257 g/mol. The van der Waals surface area contributed by atoms with E-state index in [1.807, 2.05) is 32.0 Å². The van der Waals surface area contributed by atoms with Gasteiger partial charge >= 0.3 is 0 Å². The fourth-order valence-electron chi connectivity index (χ4n) is 1.97. The number of nitrogens with one attached hydrogen (secondary N) is 1. The van der Waals surface area contributed by atoms with E-state index in [0.29, 0.717) is 5.95 Å². The smallest absolute Gasteiger partial charge is 0.223 e. The van der Waals surface area contributed by atoms with Crippen LogP contribution in [-0.4, -0.2) is 23.6 Å². The zero-order chi connectivity index (χ0) is 13.8. The number of methoxy groups -OCH3 is 1. The Kier molecular flexibility index (Phi) is 4.00. The molecule has 2 aromatic rings. The van der Waals surface area contributed by atoms with Crippen LogP contribution in [0.1, 0.15) is 18.2 Å². The van der Waals surface area contributed by atoms with E-state index in [1.165, 1.54) is 5.56 Å². The molecule has 4 heteroatoms. The van der Waals surface area contributed by atoms with Gasteiger partial charge in [0, 0.05) is 17.8 Å². The summed E-state index contributed by atoms with van der Waals surface area (Å²) in [7, 11) is 1.67. The van der Waals surface area contributed by atoms with E-state index in [2.05, 4.69) is 28.3 Å². The molecule has 4 nitrogen and oxygen atoms in total. The number of rotatable bonds is 4. The molecule has 0 aliphatic carbocycles. The van der Waals surface area contributed by atoms with Gasteiger partial charge in [-0.1, -0.05) is 11.6 Å². The van der Waals surface area contributed by atoms with Crippen molar-refractivity contribution in [3.63, 3.8) is 0 Å². The van der Waals surface area contributed by atoms with Crippen molar-refractivity contribution in [2.75, 3.05) is 19.0 Å². The van der Waals surface area contributed by atoms with Crippen molar-refractivity contribution in [3.05, 3.63) is 35.5 Å². The van der Waals surface area contributed by atoms with Crippen molar-refractivity contribution in [2.24, 2.45) is 0 Å². The predicted molar refractivity (Wildman–Crippen MR) is 77.7 cm³/mol. The highest BCUT2D eigenvalue weighted by Crippen LogP contribution is 2.30. The van der Waals surface area contributed by atoms with Crippen molar-refractivity contribution in [3.8, 4) is 17.0 Å². The summed E-state index contributed by atoms with van der Waals surface area (Å²) in [5.41, 5.74) is 3.98. The second kappa shape index (κ2) is 5.69. The Morgan fingerprint density at radius 2 is 1.95 bits per heavy atom. The average Bonchev–Trinajstić information content (AvgIpc) is 2.38. The number of anilines is 1. The van der Waals surface area contributed by atoms with E-state index in [-0.39, 0.29) is 0 Å². The molecular weight excluding hydrogens is 238 g/mol. The summed E-state index contributed by atoms with van der Waals surface area (Å²) in [6, 6.07) is 8.05. The second-order valence-corrected chi connectivity index (χ2v) is 4.45. The van der Waals surface area contributed by atoms with Gasteiger partial charge in [-0.3, -0.25) is 0 Å². The Hall–Kier alpha value is -2.10. The van der Waals surface area contributed by atoms with Crippen LogP contribution in [-0.2, 0) is 0 Å². The predicted octanol–water partition coefficient (Wildman–Crippen LogP) is 3.20. The highest BCUT2D eigenvalue weighted by Gasteiger charge is 2.10. The molecular formula is C15H19N3O. The minimum absolute atomic E-state index is 0.654. The summed E-state index contributed by atoms with van der Waals surface area (Å²) in [5.74, 6) is 1.48. The zero-order valence-corrected chi connectivity index (χ0v) is 11.8. The molecule has 0 unspecified atom stereocenters. The van der Waals surface area contributed by atoms with Crippen LogP contribution in [0.2, 0.25) is 0 Å². The number of aryl methyl sites for hydroxylation is 2. The monoisotopic (exact) mass is 257 g/mol. The van der Waals surface area contributed by atoms with Crippen LogP contribution in [0.25, 0.3) is 11.3 Å². The van der Waals surface area contributed by atoms with Gasteiger partial charge in [0.1, 0.15) is 5.75 Å². The molecule has 1 heterocycles. The first-order valence-electron chi connectivity index (χ1n) is 6.38. The molecule has 1 aromatic carbocycles. The molecule has 0 amide bonds. The summed E-state index contributed by atoms with van der Waals surface area (Å²) >= 11 is 0. The van der Waals surface area contributed by atoms with Crippen molar-refractivity contribution >= 4 is 5.95 Å². The molecule has 0 aliphatic heterocycles. The van der Waals surface area contributed by atoms with Gasteiger partial charge in [0.25, 0.3) is 0 Å². The first-order valence-corrected chi connectivity index (χ1v) is 6.38. The Morgan fingerprint density at radius 3 is 2.63 bits per heavy atom. The summed E-state index contributed by atoms with van der Waals surface area (Å²) in [5, 5.41) is 3.15. The Morgan fingerprint density at radius 1 is 1.16 bits per heavy atom. The lowest BCUT2D eigenvalue weighted by molar-refractivity contribution is 0.416. The van der Waals surface area contributed by atoms with Gasteiger partial charge in [-0.05, 0) is 39.0 Å². The molecule has 0 aliphatic rings. The van der Waals surface area contributed by atoms with Crippen molar-refractivity contribution < 1.29 is 4.74 Å². The number of hydrogen-bond donors (Lipinski definition) is 1. The van der Waals surface area contributed by atoms with Gasteiger partial charge in [-0.2, -0.15) is 0 Å². The Bertz CT molecular complexity index is 582. The standard InChI is InChI=1S/C15H19N3O/c1-5-16-15-17-11(3)9-13(18-15)12-8-10(2)6-7-14(12)19-4/h6-9H,5H2,1-4H3,(H,16,17,18). The molecule has 100 valence electrons. The van der Waals surface area contributed by atoms with Gasteiger partial charge in [0.05, 0.1) is 12.8 Å². The van der Waals surface area contributed by atoms with Crippen LogP contribution in [0.5, 0.6) is 5.75 Å². The highest BCUT2D eigenvalue weighted by molar-refractivity contribution is 5.69. The van der Waals surface area contributed by atoms with Gasteiger partial charge in [-0.25, -0.2) is 9.97 Å². The van der Waals surface area contributed by atoms with Crippen LogP contribution < -0.4 is 10.1 Å². The molecule has 0 atom stereocenters. The van der Waals surface area contributed by atoms with E-state index in [4.69, 9.17) is 4.74 Å². The fourth-order valence-corrected chi connectivity index (χ4v) is 1.97. The second-order valence-electron chi connectivity index (χ2n) is 4.45. The van der Waals surface area contributed by atoms with E-state index in [1.54, 1.807) is 7.11 Å². The maximum atomic E-state index is 5.41. The topological polar surface area (TPSA) is 47.0 Å². The fraction of sp³-hybridized carbons (Fsp3) is 0.333. The van der Waals surface area contributed by atoms with Gasteiger partial charge in [-0.15, -0.1) is 0 Å². The van der Waals surface area contributed by atoms with E-state index >= 15 is 0 Å². The molecule has 0 radical (unpaired) electrons. The molecule has 0 saturated heterocycles. The van der Waals surface area contributed by atoms with Crippen LogP contribution in [0.15, 0.2) is 24.3 Å². The first-order chi connectivity index (χ1) is 9.13. The normalized spacial score (nSPS) is 10.3. The lowest BCUT2D eigenvalue weighted by Crippen LogP contribution is -2.04. The van der Waals surface area contributed by atoms with Gasteiger partial charge in [0.2, 0.25) is 5.95 Å². The lowest BCUT2D eigenvalue weighted by Gasteiger charge is -2.11. The van der Waals surface area contributed by atoms with Crippen LogP contribution in [0.3, 0.4) is 0 Å². The van der Waals surface area contributed by atoms with E-state index < -0.39 is 0 Å². The molecule has 19 heavy (non-hydrogen) atoms. The Balaban J connectivity index is 2.54. The molecule has 1 aromatic heterocycles. The summed E-state index contributed by atoms with van der Waals surface area (Å²) < 4.78 is 5.41. The van der Waals surface area contributed by atoms with Crippen LogP contribution >= 0.6 is 0 Å². The van der Waals surface area contributed by atoms with E-state index in [0.717, 1.165) is 29.2 Å². The van der Waals surface area contributed by atoms with Crippen molar-refractivity contribution in [2.45, 2.75) is 20.8 Å². The van der Waals surface area contributed by atoms with Crippen LogP contribution in [0.4, 0.5) is 5.95 Å². The summed E-state index contributed by atoms with van der Waals surface area (Å²) in [6.45, 7) is 6.85. The maximum absolute atomic E-state index is 5.41. The van der Waals surface area contributed by atoms with Gasteiger partial charge < -0.3 is 10.1 Å². The van der Waals surface area contributed by atoms with Crippen molar-refractivity contribution in [1.82, 2.24) is 9.97 Å². The minimum Gasteiger partial charge on any atom is -0.496 e. The Labute approximate surface area is 113 Å². The first kappa shape index (κ1) is 13.3. The number of nitrogens with zero attached hydrogens (tertiary/aromatic N) is 2. The molecule has 0 fully saturated rings. The molecule has 2 rings (SSSR count). The molecule has 0 saturated carbocycles. The zero-order valence-electron chi connectivity index (χ0n) is 11.8. The number of aromatic nitrogens is 2. The highest BCUT2D eigenvalue weighted by atomic mass is 16.5. The van der Waals surface area contributed by atoms with E-state index in [9.17, 15) is 0 Å². The third-order valence-corrected chi connectivity index (χ3v) is 2.82. The third-order valence-electron chi connectivity index (χ3n) is 2.82. The quantitative estimate of drug-likeness (QED) is 0.913. The number of ether oxygens (including phenoxy) is 1. The summed E-state index contributed by atoms with van der Waals surface area (Å²) in [6.07, 6.45) is 0. The molecule has 1 N–H and O–H groups in total. The number of hydrogen-bond acceptors (Lipinski definition) is 4. The summed E-state index contributed by atoms with van der Waals surface area (Å²) in [4.78, 5) is 8.91.